The van der Waals surface area contributed by atoms with E-state index in [9.17, 15) is 14.7 Å². The topological polar surface area (TPSA) is 88.0 Å². The number of ketones is 1. The van der Waals surface area contributed by atoms with Crippen LogP contribution in [0.5, 0.6) is 0 Å². The summed E-state index contributed by atoms with van der Waals surface area (Å²) in [5.74, 6) is -1.80. The summed E-state index contributed by atoms with van der Waals surface area (Å²) in [5, 5.41) is 13.6. The zero-order valence-electron chi connectivity index (χ0n) is 14.6. The van der Waals surface area contributed by atoms with Crippen molar-refractivity contribution in [3.8, 4) is 0 Å². The number of halogens is 2. The minimum atomic E-state index is -0.857. The summed E-state index contributed by atoms with van der Waals surface area (Å²) in [4.78, 5) is 29.2. The zero-order valence-corrected chi connectivity index (χ0v) is 17.7. The molecule has 0 saturated heterocycles. The number of hydrogen-bond donors (Lipinski definition) is 2. The van der Waals surface area contributed by atoms with Gasteiger partial charge in [0.15, 0.2) is 5.76 Å². The second kappa shape index (κ2) is 8.53. The van der Waals surface area contributed by atoms with E-state index in [2.05, 4.69) is 42.2 Å². The first-order chi connectivity index (χ1) is 13.4. The van der Waals surface area contributed by atoms with Gasteiger partial charge in [-0.1, -0.05) is 31.9 Å². The minimum Gasteiger partial charge on any atom is -0.505 e. The Balaban J connectivity index is 2.03. The van der Waals surface area contributed by atoms with E-state index >= 15 is 0 Å². The number of methoxy groups -OCH3 is 1. The molecule has 8 heteroatoms. The van der Waals surface area contributed by atoms with Crippen LogP contribution in [0.3, 0.4) is 0 Å². The summed E-state index contributed by atoms with van der Waals surface area (Å²) in [7, 11) is 1.17. The van der Waals surface area contributed by atoms with E-state index in [1.54, 1.807) is 48.5 Å². The number of rotatable bonds is 4. The van der Waals surface area contributed by atoms with Gasteiger partial charge >= 0.3 is 5.97 Å². The Morgan fingerprint density at radius 3 is 2.18 bits per heavy atom. The molecule has 0 aromatic heterocycles. The van der Waals surface area contributed by atoms with Gasteiger partial charge < -0.3 is 15.2 Å². The number of anilines is 1. The number of hydrogen-bond acceptors (Lipinski definition) is 6. The lowest BCUT2D eigenvalue weighted by Gasteiger charge is -2.19. The number of carbonyl (C=O) groups excluding carboxylic acids is 2. The van der Waals surface area contributed by atoms with Crippen molar-refractivity contribution in [2.75, 3.05) is 12.4 Å². The molecule has 1 aliphatic rings. The highest BCUT2D eigenvalue weighted by Gasteiger charge is 2.32. The highest BCUT2D eigenvalue weighted by atomic mass is 79.9. The van der Waals surface area contributed by atoms with Crippen LogP contribution in [0, 0.1) is 0 Å². The molecule has 2 aromatic rings. The lowest BCUT2D eigenvalue weighted by molar-refractivity contribution is -0.135. The predicted octanol–water partition coefficient (Wildman–Crippen LogP) is 4.85. The minimum absolute atomic E-state index is 0.0856. The van der Waals surface area contributed by atoms with Gasteiger partial charge in [-0.05, 0) is 48.5 Å². The number of benzene rings is 2. The normalized spacial score (nSPS) is 15.5. The quantitative estimate of drug-likeness (QED) is 0.458. The fourth-order valence-corrected chi connectivity index (χ4v) is 3.00. The predicted molar refractivity (Wildman–Crippen MR) is 114 cm³/mol. The molecule has 0 saturated carbocycles. The van der Waals surface area contributed by atoms with E-state index in [1.165, 1.54) is 13.2 Å². The summed E-state index contributed by atoms with van der Waals surface area (Å²) in [6.07, 6.45) is 1.20. The highest BCUT2D eigenvalue weighted by molar-refractivity contribution is 9.10. The van der Waals surface area contributed by atoms with E-state index in [-0.39, 0.29) is 17.0 Å². The Hall–Kier alpha value is -2.71. The van der Waals surface area contributed by atoms with Gasteiger partial charge in [-0.3, -0.25) is 4.79 Å². The highest BCUT2D eigenvalue weighted by Crippen LogP contribution is 2.26. The Morgan fingerprint density at radius 2 is 1.61 bits per heavy atom. The van der Waals surface area contributed by atoms with Crippen molar-refractivity contribution in [3.63, 3.8) is 0 Å². The Morgan fingerprint density at radius 1 is 1.04 bits per heavy atom. The standard InChI is InChI=1S/C20H14Br2N2O4/c1-28-20(27)17-18(24-14-8-4-12(22)5-9-14)16(25)10-15(19(17)26)23-13-6-2-11(21)3-7-13/h2-10,23,26H,1H3. The molecule has 142 valence electrons. The molecule has 6 nitrogen and oxygen atoms in total. The van der Waals surface area contributed by atoms with Crippen LogP contribution in [-0.2, 0) is 14.3 Å². The molecule has 0 atom stereocenters. The van der Waals surface area contributed by atoms with Crippen LogP contribution in [0.25, 0.3) is 0 Å². The maximum Gasteiger partial charge on any atom is 0.344 e. The van der Waals surface area contributed by atoms with Crippen molar-refractivity contribution < 1.29 is 19.4 Å². The van der Waals surface area contributed by atoms with Crippen LogP contribution < -0.4 is 5.32 Å². The number of nitrogens with one attached hydrogen (secondary N) is 1. The fourth-order valence-electron chi connectivity index (χ4n) is 2.47. The average molecular weight is 506 g/mol. The molecule has 2 aromatic carbocycles. The van der Waals surface area contributed by atoms with Crippen molar-refractivity contribution >= 4 is 60.7 Å². The van der Waals surface area contributed by atoms with Crippen molar-refractivity contribution in [1.29, 1.82) is 0 Å². The Kier molecular flexibility index (Phi) is 6.11. The molecule has 2 N–H and O–H groups in total. The molecule has 0 bridgehead atoms. The second-order valence-electron chi connectivity index (χ2n) is 5.71. The number of allylic oxidation sites excluding steroid dienone is 1. The summed E-state index contributed by atoms with van der Waals surface area (Å²) in [5.41, 5.74) is 0.692. The molecule has 3 rings (SSSR count). The summed E-state index contributed by atoms with van der Waals surface area (Å²) < 4.78 is 6.48. The van der Waals surface area contributed by atoms with Gasteiger partial charge in [0.2, 0.25) is 5.78 Å². The number of ether oxygens (including phenoxy) is 1. The van der Waals surface area contributed by atoms with E-state index < -0.39 is 17.5 Å². The van der Waals surface area contributed by atoms with E-state index in [0.29, 0.717) is 11.4 Å². The third kappa shape index (κ3) is 4.40. The zero-order chi connectivity index (χ0) is 20.3. The SMILES string of the molecule is COC(=O)C1=C(O)C(Nc2ccc(Br)cc2)=CC(=O)C1=Nc1ccc(Br)cc1. The van der Waals surface area contributed by atoms with E-state index in [0.717, 1.165) is 8.95 Å². The maximum absolute atomic E-state index is 12.7. The molecule has 28 heavy (non-hydrogen) atoms. The Bertz CT molecular complexity index is 1020. The van der Waals surface area contributed by atoms with Crippen molar-refractivity contribution in [3.05, 3.63) is 80.6 Å². The maximum atomic E-state index is 12.7. The van der Waals surface area contributed by atoms with Crippen LogP contribution in [-0.4, -0.2) is 29.7 Å². The second-order valence-corrected chi connectivity index (χ2v) is 7.54. The molecule has 0 fully saturated rings. The third-order valence-electron chi connectivity index (χ3n) is 3.82. The lowest BCUT2D eigenvalue weighted by Crippen LogP contribution is -2.29. The number of nitrogens with zero attached hydrogens (tertiary/aromatic N) is 1. The number of aliphatic imine (C=N–C) groups is 1. The molecular formula is C20H14Br2N2O4. The first-order valence-electron chi connectivity index (χ1n) is 8.04. The van der Waals surface area contributed by atoms with Crippen LogP contribution in [0.1, 0.15) is 0 Å². The first kappa shape index (κ1) is 20.0. The van der Waals surface area contributed by atoms with Gasteiger partial charge in [-0.25, -0.2) is 9.79 Å². The van der Waals surface area contributed by atoms with Gasteiger partial charge in [-0.15, -0.1) is 0 Å². The number of carbonyl (C=O) groups is 2. The monoisotopic (exact) mass is 504 g/mol. The van der Waals surface area contributed by atoms with Crippen LogP contribution in [0.15, 0.2) is 85.6 Å². The number of aliphatic hydroxyl groups excluding tert-OH is 1. The Labute approximate surface area is 177 Å². The van der Waals surface area contributed by atoms with Crippen LogP contribution in [0.2, 0.25) is 0 Å². The first-order valence-corrected chi connectivity index (χ1v) is 9.63. The fraction of sp³-hybridized carbons (Fsp3) is 0.0500. The van der Waals surface area contributed by atoms with E-state index in [4.69, 9.17) is 4.74 Å². The van der Waals surface area contributed by atoms with Gasteiger partial charge in [0.25, 0.3) is 0 Å². The molecule has 0 spiro atoms. The van der Waals surface area contributed by atoms with Gasteiger partial charge in [0.1, 0.15) is 11.3 Å². The van der Waals surface area contributed by atoms with E-state index in [1.807, 2.05) is 0 Å². The van der Waals surface area contributed by atoms with Gasteiger partial charge in [0.05, 0.1) is 18.5 Å². The van der Waals surface area contributed by atoms with Crippen molar-refractivity contribution in [2.45, 2.75) is 0 Å². The smallest absolute Gasteiger partial charge is 0.344 e. The molecule has 0 radical (unpaired) electrons. The number of esters is 1. The van der Waals surface area contributed by atoms with Crippen LogP contribution in [0.4, 0.5) is 11.4 Å². The molecule has 0 aliphatic heterocycles. The average Bonchev–Trinajstić information content (AvgIpc) is 2.68. The third-order valence-corrected chi connectivity index (χ3v) is 4.88. The summed E-state index contributed by atoms with van der Waals surface area (Å²) >= 11 is 6.66. The molecular weight excluding hydrogens is 492 g/mol. The van der Waals surface area contributed by atoms with Gasteiger partial charge in [0, 0.05) is 20.7 Å². The molecule has 0 heterocycles. The molecule has 0 amide bonds. The molecule has 0 unspecified atom stereocenters. The number of aliphatic hydroxyl groups is 1. The summed E-state index contributed by atoms with van der Waals surface area (Å²) in [6.45, 7) is 0. The lowest BCUT2D eigenvalue weighted by atomic mass is 9.97. The molecule has 1 aliphatic carbocycles. The summed E-state index contributed by atoms with van der Waals surface area (Å²) in [6, 6.07) is 14.0. The van der Waals surface area contributed by atoms with Crippen molar-refractivity contribution in [2.24, 2.45) is 4.99 Å². The van der Waals surface area contributed by atoms with Gasteiger partial charge in [-0.2, -0.15) is 0 Å². The van der Waals surface area contributed by atoms with Crippen LogP contribution >= 0.6 is 31.9 Å². The largest absolute Gasteiger partial charge is 0.505 e. The van der Waals surface area contributed by atoms with Crippen molar-refractivity contribution in [1.82, 2.24) is 0 Å².